The molecular weight excluding hydrogens is 250 g/mol. The molecule has 0 saturated heterocycles. The molecule has 1 N–H and O–H groups in total. The van der Waals surface area contributed by atoms with Crippen molar-refractivity contribution in [3.05, 3.63) is 11.2 Å². The number of hydrogen-bond acceptors (Lipinski definition) is 8. The lowest BCUT2D eigenvalue weighted by atomic mass is 10.5. The van der Waals surface area contributed by atoms with Crippen LogP contribution in [0.15, 0.2) is 9.85 Å². The number of thioether (sulfide) groups is 1. The minimum absolute atomic E-state index is 0.786. The van der Waals surface area contributed by atoms with E-state index in [1.807, 2.05) is 0 Å². The van der Waals surface area contributed by atoms with Crippen LogP contribution in [0.3, 0.4) is 0 Å². The summed E-state index contributed by atoms with van der Waals surface area (Å²) in [6.07, 6.45) is 0. The number of anilines is 1. The van der Waals surface area contributed by atoms with Gasteiger partial charge >= 0.3 is 0 Å². The van der Waals surface area contributed by atoms with Gasteiger partial charge in [0.15, 0.2) is 4.34 Å². The molecule has 8 heteroatoms. The lowest BCUT2D eigenvalue weighted by Crippen LogP contribution is -1.97. The van der Waals surface area contributed by atoms with Gasteiger partial charge in [-0.3, -0.25) is 0 Å². The zero-order valence-corrected chi connectivity index (χ0v) is 10.5. The molecule has 2 aromatic heterocycles. The van der Waals surface area contributed by atoms with E-state index < -0.39 is 0 Å². The second kappa shape index (κ2) is 5.38. The van der Waals surface area contributed by atoms with Crippen LogP contribution < -0.4 is 5.32 Å². The molecule has 2 heterocycles. The molecule has 0 aromatic carbocycles. The van der Waals surface area contributed by atoms with Gasteiger partial charge in [0.1, 0.15) is 16.2 Å². The Morgan fingerprint density at radius 3 is 3.13 bits per heavy atom. The highest BCUT2D eigenvalue weighted by Crippen LogP contribution is 2.27. The normalized spacial score (nSPS) is 10.5. The summed E-state index contributed by atoms with van der Waals surface area (Å²) in [6, 6.07) is 0. The van der Waals surface area contributed by atoms with Crippen molar-refractivity contribution in [2.75, 3.05) is 11.9 Å². The van der Waals surface area contributed by atoms with Crippen LogP contribution in [-0.4, -0.2) is 26.3 Å². The smallest absolute Gasteiger partial charge is 0.174 e. The van der Waals surface area contributed by atoms with Crippen molar-refractivity contribution in [1.82, 2.24) is 19.8 Å². The quantitative estimate of drug-likeness (QED) is 0.830. The lowest BCUT2D eigenvalue weighted by molar-refractivity contribution is 1.01. The first-order valence-corrected chi connectivity index (χ1v) is 6.98. The van der Waals surface area contributed by atoms with Crippen LogP contribution in [0.1, 0.15) is 12.6 Å². The highest BCUT2D eigenvalue weighted by molar-refractivity contribution is 8.00. The molecule has 0 aliphatic heterocycles. The fraction of sp³-hybridized carbons (Fsp3) is 0.429. The molecule has 0 saturated carbocycles. The Morgan fingerprint density at radius 2 is 2.40 bits per heavy atom. The van der Waals surface area contributed by atoms with E-state index in [1.165, 1.54) is 22.9 Å². The van der Waals surface area contributed by atoms with Crippen LogP contribution >= 0.6 is 34.6 Å². The summed E-state index contributed by atoms with van der Waals surface area (Å²) in [4.78, 5) is 0. The molecule has 0 fully saturated rings. The molecule has 2 aromatic rings. The summed E-state index contributed by atoms with van der Waals surface area (Å²) in [5, 5.41) is 16.1. The van der Waals surface area contributed by atoms with E-state index in [9.17, 15) is 0 Å². The van der Waals surface area contributed by atoms with Gasteiger partial charge in [0.2, 0.25) is 0 Å². The summed E-state index contributed by atoms with van der Waals surface area (Å²) in [5.74, 6) is 0.786. The predicted octanol–water partition coefficient (Wildman–Crippen LogP) is 2.11. The molecule has 0 bridgehead atoms. The average molecular weight is 259 g/mol. The Kier molecular flexibility index (Phi) is 3.87. The molecule has 0 spiro atoms. The lowest BCUT2D eigenvalue weighted by Gasteiger charge is -1.99. The van der Waals surface area contributed by atoms with E-state index in [0.717, 1.165) is 27.3 Å². The van der Waals surface area contributed by atoms with Gasteiger partial charge in [-0.25, -0.2) is 0 Å². The first kappa shape index (κ1) is 10.8. The zero-order chi connectivity index (χ0) is 10.5. The molecule has 0 amide bonds. The maximum Gasteiger partial charge on any atom is 0.174 e. The van der Waals surface area contributed by atoms with E-state index in [4.69, 9.17) is 0 Å². The summed E-state index contributed by atoms with van der Waals surface area (Å²) in [6.45, 7) is 2.95. The minimum atomic E-state index is 0.786. The van der Waals surface area contributed by atoms with Gasteiger partial charge in [-0.05, 0) is 6.92 Å². The second-order valence-electron chi connectivity index (χ2n) is 2.57. The van der Waals surface area contributed by atoms with Crippen molar-refractivity contribution in [2.24, 2.45) is 0 Å². The monoisotopic (exact) mass is 259 g/mol. The van der Waals surface area contributed by atoms with Gasteiger partial charge in [-0.15, -0.1) is 15.3 Å². The third-order valence-corrected chi connectivity index (χ3v) is 4.16. The van der Waals surface area contributed by atoms with Gasteiger partial charge in [-0.2, -0.15) is 0 Å². The molecule has 0 radical (unpaired) electrons. The Labute approximate surface area is 99.5 Å². The van der Waals surface area contributed by atoms with E-state index in [2.05, 4.69) is 32.0 Å². The van der Waals surface area contributed by atoms with E-state index in [-0.39, 0.29) is 0 Å². The van der Waals surface area contributed by atoms with Crippen LogP contribution in [0, 0.1) is 0 Å². The largest absolute Gasteiger partial charge is 0.374 e. The predicted molar refractivity (Wildman–Crippen MR) is 63.5 cm³/mol. The topological polar surface area (TPSA) is 63.6 Å². The van der Waals surface area contributed by atoms with E-state index in [0.29, 0.717) is 0 Å². The van der Waals surface area contributed by atoms with E-state index in [1.54, 1.807) is 17.3 Å². The Morgan fingerprint density at radius 1 is 1.47 bits per heavy atom. The molecule has 15 heavy (non-hydrogen) atoms. The number of aromatic nitrogens is 4. The van der Waals surface area contributed by atoms with Gasteiger partial charge in [0, 0.05) is 23.8 Å². The molecule has 0 aliphatic carbocycles. The third kappa shape index (κ3) is 2.86. The third-order valence-electron chi connectivity index (χ3n) is 1.57. The molecule has 0 aliphatic rings. The van der Waals surface area contributed by atoms with Crippen LogP contribution in [0.2, 0.25) is 0 Å². The van der Waals surface area contributed by atoms with Crippen molar-refractivity contribution in [3.63, 3.8) is 0 Å². The molecule has 80 valence electrons. The number of nitrogens with one attached hydrogen (secondary N) is 1. The van der Waals surface area contributed by atoms with Crippen LogP contribution in [0.4, 0.5) is 5.00 Å². The summed E-state index contributed by atoms with van der Waals surface area (Å²) in [5.41, 5.74) is 2.72. The Bertz CT molecular complexity index is 398. The van der Waals surface area contributed by atoms with Gasteiger partial charge < -0.3 is 5.32 Å². The van der Waals surface area contributed by atoms with Gasteiger partial charge in [-0.1, -0.05) is 27.6 Å². The maximum absolute atomic E-state index is 4.08. The second-order valence-corrected chi connectivity index (χ2v) is 5.38. The van der Waals surface area contributed by atoms with Crippen molar-refractivity contribution in [2.45, 2.75) is 17.0 Å². The zero-order valence-electron chi connectivity index (χ0n) is 8.01. The molecular formula is C7H9N5S3. The van der Waals surface area contributed by atoms with E-state index >= 15 is 0 Å². The van der Waals surface area contributed by atoms with Crippen molar-refractivity contribution in [3.8, 4) is 0 Å². The Balaban J connectivity index is 1.95. The standard InChI is InChI=1S/C7H9N5S3/c1-2-8-6-5(10-12-15-6)3-13-7-11-9-4-14-7/h4,8H,2-3H2,1H3. The van der Waals surface area contributed by atoms with Crippen molar-refractivity contribution in [1.29, 1.82) is 0 Å². The highest BCUT2D eigenvalue weighted by Gasteiger charge is 2.08. The fourth-order valence-corrected chi connectivity index (χ4v) is 3.12. The van der Waals surface area contributed by atoms with Gasteiger partial charge in [0.25, 0.3) is 0 Å². The summed E-state index contributed by atoms with van der Waals surface area (Å²) in [7, 11) is 0. The summed E-state index contributed by atoms with van der Waals surface area (Å²) < 4.78 is 4.89. The Hall–Kier alpha value is -0.730. The number of rotatable bonds is 5. The fourth-order valence-electron chi connectivity index (χ4n) is 0.954. The average Bonchev–Trinajstić information content (AvgIpc) is 2.85. The van der Waals surface area contributed by atoms with Crippen LogP contribution in [-0.2, 0) is 5.75 Å². The van der Waals surface area contributed by atoms with Crippen LogP contribution in [0.5, 0.6) is 0 Å². The minimum Gasteiger partial charge on any atom is -0.374 e. The highest BCUT2D eigenvalue weighted by atomic mass is 32.2. The van der Waals surface area contributed by atoms with Crippen LogP contribution in [0.25, 0.3) is 0 Å². The molecule has 0 unspecified atom stereocenters. The summed E-state index contributed by atoms with van der Waals surface area (Å²) >= 11 is 4.57. The van der Waals surface area contributed by atoms with Crippen molar-refractivity contribution >= 4 is 39.6 Å². The number of hydrogen-bond donors (Lipinski definition) is 1. The SMILES string of the molecule is CCNc1snnc1CSc1nncs1. The van der Waals surface area contributed by atoms with Gasteiger partial charge in [0.05, 0.1) is 0 Å². The molecule has 5 nitrogen and oxygen atoms in total. The first-order valence-electron chi connectivity index (χ1n) is 4.34. The van der Waals surface area contributed by atoms with Crippen molar-refractivity contribution < 1.29 is 0 Å². The molecule has 0 atom stereocenters. The molecule has 2 rings (SSSR count). The maximum atomic E-state index is 4.08. The number of nitrogens with zero attached hydrogens (tertiary/aromatic N) is 4. The first-order chi connectivity index (χ1) is 7.40.